The fourth-order valence-electron chi connectivity index (χ4n) is 2.24. The second kappa shape index (κ2) is 6.14. The highest BCUT2D eigenvalue weighted by Gasteiger charge is 2.35. The maximum atomic E-state index is 11.0. The van der Waals surface area contributed by atoms with E-state index in [0.717, 1.165) is 25.9 Å². The van der Waals surface area contributed by atoms with Crippen molar-refractivity contribution in [1.29, 1.82) is 0 Å². The number of carbonyl (C=O) groups is 2. The lowest BCUT2D eigenvalue weighted by molar-refractivity contribution is -0.141. The predicted octanol–water partition coefficient (Wildman–Crippen LogP) is 1.30. The van der Waals surface area contributed by atoms with Gasteiger partial charge < -0.3 is 10.2 Å². The lowest BCUT2D eigenvalue weighted by Gasteiger charge is -2.24. The maximum absolute atomic E-state index is 11.0. The quantitative estimate of drug-likeness (QED) is 0.579. The minimum atomic E-state index is -0.795. The van der Waals surface area contributed by atoms with Crippen molar-refractivity contribution in [2.45, 2.75) is 37.8 Å². The number of aliphatic carboxylic acids is 2. The number of nitrogens with zero attached hydrogens (tertiary/aromatic N) is 2. The minimum Gasteiger partial charge on any atom is -0.480 e. The van der Waals surface area contributed by atoms with Crippen LogP contribution in [0.2, 0.25) is 0 Å². The molecule has 0 radical (unpaired) electrons. The Bertz CT molecular complexity index is 310. The Morgan fingerprint density at radius 2 is 1.28 bits per heavy atom. The van der Waals surface area contributed by atoms with Crippen LogP contribution in [0.25, 0.3) is 0 Å². The zero-order valence-electron chi connectivity index (χ0n) is 9.82. The molecule has 2 aliphatic rings. The standard InChI is InChI=1S/C10H16N2O4S2/c13-9(14)7-3-1-5-11(7)17-18-12-6-2-4-8(12)10(15)16/h7-8H,1-6H2,(H,13,14)(H,15,16)/t7-,8-/m0/s1. The van der Waals surface area contributed by atoms with Gasteiger partial charge in [0.15, 0.2) is 0 Å². The number of carboxylic acid groups (broad SMARTS) is 2. The van der Waals surface area contributed by atoms with Crippen molar-refractivity contribution in [3.05, 3.63) is 0 Å². The molecule has 102 valence electrons. The van der Waals surface area contributed by atoms with Crippen molar-refractivity contribution in [2.75, 3.05) is 13.1 Å². The molecule has 2 atom stereocenters. The largest absolute Gasteiger partial charge is 0.480 e. The molecule has 2 heterocycles. The van der Waals surface area contributed by atoms with Gasteiger partial charge in [-0.2, -0.15) is 0 Å². The molecule has 2 rings (SSSR count). The molecule has 0 unspecified atom stereocenters. The summed E-state index contributed by atoms with van der Waals surface area (Å²) in [4.78, 5) is 22.0. The average molecular weight is 292 g/mol. The van der Waals surface area contributed by atoms with Gasteiger partial charge in [0.05, 0.1) is 0 Å². The minimum absolute atomic E-state index is 0.437. The first kappa shape index (κ1) is 14.0. The van der Waals surface area contributed by atoms with Crippen LogP contribution in [0.15, 0.2) is 0 Å². The van der Waals surface area contributed by atoms with Crippen molar-refractivity contribution in [1.82, 2.24) is 8.61 Å². The molecule has 2 saturated heterocycles. The fourth-order valence-corrected chi connectivity index (χ4v) is 5.00. The van der Waals surface area contributed by atoms with E-state index in [9.17, 15) is 9.59 Å². The van der Waals surface area contributed by atoms with Gasteiger partial charge in [0, 0.05) is 35.0 Å². The Morgan fingerprint density at radius 1 is 0.889 bits per heavy atom. The van der Waals surface area contributed by atoms with E-state index in [0.29, 0.717) is 12.8 Å². The van der Waals surface area contributed by atoms with Gasteiger partial charge in [-0.3, -0.25) is 9.59 Å². The molecule has 8 heteroatoms. The molecule has 18 heavy (non-hydrogen) atoms. The fraction of sp³-hybridized carbons (Fsp3) is 0.800. The molecule has 0 aromatic heterocycles. The summed E-state index contributed by atoms with van der Waals surface area (Å²) < 4.78 is 3.68. The molecule has 2 fully saturated rings. The molecule has 2 aliphatic heterocycles. The molecule has 6 nitrogen and oxygen atoms in total. The van der Waals surface area contributed by atoms with Crippen molar-refractivity contribution >= 4 is 33.9 Å². The number of hydrogen-bond donors (Lipinski definition) is 2. The Balaban J connectivity index is 1.84. The summed E-state index contributed by atoms with van der Waals surface area (Å²) in [6.07, 6.45) is 3.11. The van der Waals surface area contributed by atoms with Gasteiger partial charge >= 0.3 is 11.9 Å². The lowest BCUT2D eigenvalue weighted by Crippen LogP contribution is -2.33. The van der Waals surface area contributed by atoms with E-state index >= 15 is 0 Å². The van der Waals surface area contributed by atoms with Gasteiger partial charge in [0.2, 0.25) is 0 Å². The topological polar surface area (TPSA) is 81.1 Å². The molecular formula is C10H16N2O4S2. The molecule has 0 saturated carbocycles. The third kappa shape index (κ3) is 3.11. The second-order valence-corrected chi connectivity index (χ2v) is 6.55. The molecule has 0 aromatic carbocycles. The first-order valence-electron chi connectivity index (χ1n) is 5.93. The Hall–Kier alpha value is -0.440. The summed E-state index contributed by atoms with van der Waals surface area (Å²) >= 11 is 0. The SMILES string of the molecule is O=C(O)[C@@H]1CCCN1SSN1CCC[C@H]1C(=O)O. The van der Waals surface area contributed by atoms with Crippen molar-refractivity contribution < 1.29 is 19.8 Å². The zero-order valence-corrected chi connectivity index (χ0v) is 11.5. The van der Waals surface area contributed by atoms with E-state index in [-0.39, 0.29) is 0 Å². The summed E-state index contributed by atoms with van der Waals surface area (Å²) in [5.41, 5.74) is 0. The van der Waals surface area contributed by atoms with Gasteiger partial charge in [-0.05, 0) is 25.7 Å². The van der Waals surface area contributed by atoms with Crippen molar-refractivity contribution in [3.63, 3.8) is 0 Å². The van der Waals surface area contributed by atoms with Crippen LogP contribution < -0.4 is 0 Å². The number of hydrogen-bond acceptors (Lipinski definition) is 6. The van der Waals surface area contributed by atoms with Crippen LogP contribution in [-0.4, -0.2) is 55.9 Å². The highest BCUT2D eigenvalue weighted by Crippen LogP contribution is 2.39. The Kier molecular flexibility index (Phi) is 4.77. The van der Waals surface area contributed by atoms with E-state index in [2.05, 4.69) is 0 Å². The Morgan fingerprint density at radius 3 is 1.61 bits per heavy atom. The van der Waals surface area contributed by atoms with Crippen LogP contribution >= 0.6 is 22.0 Å². The zero-order chi connectivity index (χ0) is 13.1. The highest BCUT2D eigenvalue weighted by molar-refractivity contribution is 8.74. The van der Waals surface area contributed by atoms with Crippen LogP contribution in [0.1, 0.15) is 25.7 Å². The van der Waals surface area contributed by atoms with Crippen LogP contribution in [0.3, 0.4) is 0 Å². The highest BCUT2D eigenvalue weighted by atomic mass is 33.1. The van der Waals surface area contributed by atoms with E-state index in [1.165, 1.54) is 22.0 Å². The van der Waals surface area contributed by atoms with E-state index in [1.807, 2.05) is 8.61 Å². The monoisotopic (exact) mass is 292 g/mol. The molecule has 0 aromatic rings. The maximum Gasteiger partial charge on any atom is 0.321 e. The van der Waals surface area contributed by atoms with Gasteiger partial charge in [-0.1, -0.05) is 0 Å². The third-order valence-corrected chi connectivity index (χ3v) is 5.87. The van der Waals surface area contributed by atoms with E-state index in [1.54, 1.807) is 0 Å². The van der Waals surface area contributed by atoms with Gasteiger partial charge in [-0.25, -0.2) is 8.61 Å². The summed E-state index contributed by atoms with van der Waals surface area (Å²) in [7, 11) is 2.74. The van der Waals surface area contributed by atoms with Gasteiger partial charge in [0.25, 0.3) is 0 Å². The predicted molar refractivity (Wildman–Crippen MR) is 69.9 cm³/mol. The summed E-state index contributed by atoms with van der Waals surface area (Å²) in [5, 5.41) is 18.1. The average Bonchev–Trinajstić information content (AvgIpc) is 2.94. The molecule has 0 aliphatic carbocycles. The van der Waals surface area contributed by atoms with Crippen LogP contribution in [0.5, 0.6) is 0 Å². The smallest absolute Gasteiger partial charge is 0.321 e. The van der Waals surface area contributed by atoms with Gasteiger partial charge in [-0.15, -0.1) is 0 Å². The van der Waals surface area contributed by atoms with Gasteiger partial charge in [0.1, 0.15) is 12.1 Å². The van der Waals surface area contributed by atoms with Crippen LogP contribution in [0.4, 0.5) is 0 Å². The van der Waals surface area contributed by atoms with E-state index in [4.69, 9.17) is 10.2 Å². The van der Waals surface area contributed by atoms with Crippen molar-refractivity contribution in [2.24, 2.45) is 0 Å². The summed E-state index contributed by atoms with van der Waals surface area (Å²) in [5.74, 6) is -1.59. The summed E-state index contributed by atoms with van der Waals surface area (Å²) in [6.45, 7) is 1.50. The lowest BCUT2D eigenvalue weighted by atomic mass is 10.2. The van der Waals surface area contributed by atoms with Crippen LogP contribution in [-0.2, 0) is 9.59 Å². The molecular weight excluding hydrogens is 276 g/mol. The molecule has 0 bridgehead atoms. The Labute approximate surface area is 113 Å². The molecule has 0 amide bonds. The van der Waals surface area contributed by atoms with E-state index < -0.39 is 24.0 Å². The first-order valence-corrected chi connectivity index (χ1v) is 7.99. The normalized spacial score (nSPS) is 29.8. The molecule has 0 spiro atoms. The van der Waals surface area contributed by atoms with Crippen molar-refractivity contribution in [3.8, 4) is 0 Å². The third-order valence-electron chi connectivity index (χ3n) is 3.20. The molecule has 2 N–H and O–H groups in total. The second-order valence-electron chi connectivity index (χ2n) is 4.42. The van der Waals surface area contributed by atoms with Crippen LogP contribution in [0, 0.1) is 0 Å². The number of rotatable bonds is 5. The first-order chi connectivity index (χ1) is 8.59. The number of carboxylic acids is 2. The summed E-state index contributed by atoms with van der Waals surface area (Å²) in [6, 6.07) is -0.873.